The number of nitrogens with zero attached hydrogens (tertiary/aromatic N) is 2. The fraction of sp³-hybridized carbons (Fsp3) is 0.632. The lowest BCUT2D eigenvalue weighted by molar-refractivity contribution is -0.138. The first-order chi connectivity index (χ1) is 12.9. The van der Waals surface area contributed by atoms with Gasteiger partial charge in [-0.1, -0.05) is 6.07 Å². The molecule has 27 heavy (non-hydrogen) atoms. The van der Waals surface area contributed by atoms with Crippen LogP contribution < -0.4 is 10.1 Å². The number of hydrogen-bond donors (Lipinski definition) is 1. The lowest BCUT2D eigenvalue weighted by Gasteiger charge is -2.24. The molecule has 3 aliphatic rings. The average molecular weight is 383 g/mol. The molecule has 0 radical (unpaired) electrons. The molecule has 4 rings (SSSR count). The van der Waals surface area contributed by atoms with E-state index >= 15 is 0 Å². The van der Waals surface area contributed by atoms with Crippen molar-refractivity contribution < 1.29 is 22.6 Å². The van der Waals surface area contributed by atoms with Crippen molar-refractivity contribution in [1.82, 2.24) is 10.2 Å². The molecule has 4 unspecified atom stereocenters. The Bertz CT molecular complexity index is 719. The van der Waals surface area contributed by atoms with Crippen molar-refractivity contribution in [1.29, 1.82) is 0 Å². The van der Waals surface area contributed by atoms with Crippen molar-refractivity contribution >= 4 is 5.96 Å². The van der Waals surface area contributed by atoms with E-state index in [1.807, 2.05) is 0 Å². The topological polar surface area (TPSA) is 46.1 Å². The maximum Gasteiger partial charge on any atom is 0.416 e. The zero-order chi connectivity index (χ0) is 19.2. The predicted octanol–water partition coefficient (Wildman–Crippen LogP) is 2.90. The molecular formula is C19H24F3N3O2. The largest absolute Gasteiger partial charge is 0.497 e. The Morgan fingerprint density at radius 2 is 1.93 bits per heavy atom. The number of hydrogen-bond acceptors (Lipinski definition) is 3. The van der Waals surface area contributed by atoms with Crippen molar-refractivity contribution in [3.05, 3.63) is 29.3 Å². The predicted molar refractivity (Wildman–Crippen MR) is 94.6 cm³/mol. The van der Waals surface area contributed by atoms with Gasteiger partial charge in [-0.25, -0.2) is 0 Å². The molecule has 148 valence electrons. The number of fused-ring (bicyclic) bond motifs is 5. The van der Waals surface area contributed by atoms with Gasteiger partial charge in [-0.15, -0.1) is 0 Å². The highest BCUT2D eigenvalue weighted by atomic mass is 19.4. The van der Waals surface area contributed by atoms with Crippen molar-refractivity contribution in [3.63, 3.8) is 0 Å². The molecule has 3 saturated heterocycles. The van der Waals surface area contributed by atoms with Crippen LogP contribution in [0.25, 0.3) is 0 Å². The van der Waals surface area contributed by atoms with Gasteiger partial charge >= 0.3 is 6.18 Å². The third-order valence-corrected chi connectivity index (χ3v) is 6.02. The second-order valence-electron chi connectivity index (χ2n) is 7.44. The molecule has 3 heterocycles. The van der Waals surface area contributed by atoms with E-state index in [0.717, 1.165) is 32.0 Å². The first-order valence-corrected chi connectivity index (χ1v) is 9.26. The van der Waals surface area contributed by atoms with E-state index in [2.05, 4.69) is 15.2 Å². The Hall–Kier alpha value is -1.96. The lowest BCUT2D eigenvalue weighted by atomic mass is 9.82. The smallest absolute Gasteiger partial charge is 0.416 e. The SMILES string of the molecule is CN=C(NCc1ccc(OC)cc1C(F)(F)F)N1CC2C3CCC(O3)C2C1. The molecule has 2 bridgehead atoms. The maximum absolute atomic E-state index is 13.4. The highest BCUT2D eigenvalue weighted by Gasteiger charge is 2.53. The number of aliphatic imine (C=N–C) groups is 1. The summed E-state index contributed by atoms with van der Waals surface area (Å²) in [5.41, 5.74) is -0.512. The molecular weight excluding hydrogens is 359 g/mol. The Morgan fingerprint density at radius 3 is 2.48 bits per heavy atom. The fourth-order valence-electron chi connectivity index (χ4n) is 4.74. The maximum atomic E-state index is 13.4. The van der Waals surface area contributed by atoms with Gasteiger partial charge in [-0.3, -0.25) is 4.99 Å². The number of rotatable bonds is 3. The summed E-state index contributed by atoms with van der Waals surface area (Å²) in [5, 5.41) is 3.11. The number of nitrogens with one attached hydrogen (secondary N) is 1. The van der Waals surface area contributed by atoms with Gasteiger partial charge in [0.1, 0.15) is 5.75 Å². The van der Waals surface area contributed by atoms with E-state index in [-0.39, 0.29) is 17.9 Å². The summed E-state index contributed by atoms with van der Waals surface area (Å²) in [4.78, 5) is 6.45. The third-order valence-electron chi connectivity index (χ3n) is 6.02. The van der Waals surface area contributed by atoms with Crippen molar-refractivity contribution in [2.75, 3.05) is 27.2 Å². The minimum absolute atomic E-state index is 0.0563. The molecule has 1 aromatic rings. The molecule has 0 spiro atoms. The van der Waals surface area contributed by atoms with Crippen molar-refractivity contribution in [2.45, 2.75) is 37.8 Å². The molecule has 0 amide bonds. The molecule has 0 aliphatic carbocycles. The first kappa shape index (κ1) is 18.4. The lowest BCUT2D eigenvalue weighted by Crippen LogP contribution is -2.41. The van der Waals surface area contributed by atoms with E-state index in [1.165, 1.54) is 13.2 Å². The number of ether oxygens (including phenoxy) is 2. The fourth-order valence-corrected chi connectivity index (χ4v) is 4.74. The minimum atomic E-state index is -4.43. The van der Waals surface area contributed by atoms with Gasteiger partial charge in [-0.05, 0) is 30.5 Å². The summed E-state index contributed by atoms with van der Waals surface area (Å²) >= 11 is 0. The standard InChI is InChI=1S/C19H24F3N3O2/c1-23-18(25-9-13-14(10-25)17-6-5-16(13)27-17)24-8-11-3-4-12(26-2)7-15(11)19(20,21)22/h3-4,7,13-14,16-17H,5-6,8-10H2,1-2H3,(H,23,24). The number of benzene rings is 1. The monoisotopic (exact) mass is 383 g/mol. The van der Waals surface area contributed by atoms with Crippen LogP contribution in [-0.2, 0) is 17.5 Å². The van der Waals surface area contributed by atoms with Crippen molar-refractivity contribution in [3.8, 4) is 5.75 Å². The van der Waals surface area contributed by atoms with E-state index in [1.54, 1.807) is 13.1 Å². The zero-order valence-corrected chi connectivity index (χ0v) is 15.4. The van der Waals surface area contributed by atoms with Gasteiger partial charge in [0.15, 0.2) is 5.96 Å². The number of guanidine groups is 1. The Labute approximate surface area is 156 Å². The van der Waals surface area contributed by atoms with Crippen LogP contribution in [0.3, 0.4) is 0 Å². The van der Waals surface area contributed by atoms with Crippen molar-refractivity contribution in [2.24, 2.45) is 16.8 Å². The molecule has 4 atom stereocenters. The second kappa shape index (κ2) is 6.89. The molecule has 3 fully saturated rings. The molecule has 1 aromatic carbocycles. The Balaban J connectivity index is 1.45. The van der Waals surface area contributed by atoms with Crippen LogP contribution in [0, 0.1) is 11.8 Å². The highest BCUT2D eigenvalue weighted by molar-refractivity contribution is 5.80. The molecule has 0 aromatic heterocycles. The molecule has 3 aliphatic heterocycles. The minimum Gasteiger partial charge on any atom is -0.497 e. The highest BCUT2D eigenvalue weighted by Crippen LogP contribution is 2.47. The van der Waals surface area contributed by atoms with E-state index in [9.17, 15) is 13.2 Å². The molecule has 0 saturated carbocycles. The first-order valence-electron chi connectivity index (χ1n) is 9.26. The number of likely N-dealkylation sites (tertiary alicyclic amines) is 1. The van der Waals surface area contributed by atoms with Crippen LogP contribution in [0.4, 0.5) is 13.2 Å². The number of halogens is 3. The second-order valence-corrected chi connectivity index (χ2v) is 7.44. The molecule has 8 heteroatoms. The summed E-state index contributed by atoms with van der Waals surface area (Å²) in [6.45, 7) is 1.75. The van der Waals surface area contributed by atoms with Crippen LogP contribution in [0.5, 0.6) is 5.75 Å². The van der Waals surface area contributed by atoms with Gasteiger partial charge < -0.3 is 19.7 Å². The number of alkyl halides is 3. The summed E-state index contributed by atoms with van der Waals surface area (Å²) < 4.78 is 51.1. The van der Waals surface area contributed by atoms with Crippen LogP contribution >= 0.6 is 0 Å². The van der Waals surface area contributed by atoms with Gasteiger partial charge in [0, 0.05) is 38.5 Å². The molecule has 5 nitrogen and oxygen atoms in total. The van der Waals surface area contributed by atoms with Gasteiger partial charge in [0.05, 0.1) is 24.9 Å². The normalized spacial score (nSPS) is 30.0. The van der Waals surface area contributed by atoms with Crippen LogP contribution in [-0.4, -0.2) is 50.3 Å². The quantitative estimate of drug-likeness (QED) is 0.644. The van der Waals surface area contributed by atoms with Crippen LogP contribution in [0.15, 0.2) is 23.2 Å². The van der Waals surface area contributed by atoms with E-state index in [0.29, 0.717) is 30.0 Å². The third kappa shape index (κ3) is 3.35. The average Bonchev–Trinajstić information content (AvgIpc) is 3.34. The number of methoxy groups -OCH3 is 1. The Kier molecular flexibility index (Phi) is 4.70. The van der Waals surface area contributed by atoms with E-state index < -0.39 is 11.7 Å². The van der Waals surface area contributed by atoms with E-state index in [4.69, 9.17) is 9.47 Å². The summed E-state index contributed by atoms with van der Waals surface area (Å²) in [5.74, 6) is 1.86. The summed E-state index contributed by atoms with van der Waals surface area (Å²) in [6.07, 6.45) is -1.53. The van der Waals surface area contributed by atoms with Crippen LogP contribution in [0.2, 0.25) is 0 Å². The zero-order valence-electron chi connectivity index (χ0n) is 15.4. The van der Waals surface area contributed by atoms with Gasteiger partial charge in [-0.2, -0.15) is 13.2 Å². The summed E-state index contributed by atoms with van der Waals surface area (Å²) in [7, 11) is 3.02. The van der Waals surface area contributed by atoms with Gasteiger partial charge in [0.2, 0.25) is 0 Å². The van der Waals surface area contributed by atoms with Crippen LogP contribution in [0.1, 0.15) is 24.0 Å². The molecule has 1 N–H and O–H groups in total. The van der Waals surface area contributed by atoms with Gasteiger partial charge in [0.25, 0.3) is 0 Å². The summed E-state index contributed by atoms with van der Waals surface area (Å²) in [6, 6.07) is 4.04. The Morgan fingerprint density at radius 1 is 1.26 bits per heavy atom.